The van der Waals surface area contributed by atoms with Gasteiger partial charge in [-0.1, -0.05) is 40.2 Å². The molecule has 0 aromatic heterocycles. The monoisotopic (exact) mass is 332 g/mol. The highest BCUT2D eigenvalue weighted by molar-refractivity contribution is 6.33. The number of carbonyl (C=O) groups is 1. The summed E-state index contributed by atoms with van der Waals surface area (Å²) in [5, 5.41) is 9.52. The van der Waals surface area contributed by atoms with Crippen LogP contribution >= 0.6 is 0 Å². The second-order valence-electron chi connectivity index (χ2n) is 5.35. The van der Waals surface area contributed by atoms with Crippen LogP contribution in [0, 0.1) is 0 Å². The molecule has 0 aromatic carbocycles. The van der Waals surface area contributed by atoms with Crippen molar-refractivity contribution in [1.29, 1.82) is 0 Å². The predicted molar refractivity (Wildman–Crippen MR) is 93.4 cm³/mol. The van der Waals surface area contributed by atoms with Crippen LogP contribution in [-0.2, 0) is 13.6 Å². The van der Waals surface area contributed by atoms with Crippen LogP contribution in [0.25, 0.3) is 0 Å². The first-order valence-electron chi connectivity index (χ1n) is 8.20. The summed E-state index contributed by atoms with van der Waals surface area (Å²) in [6.07, 6.45) is 5.79. The zero-order valence-electron chi connectivity index (χ0n) is 14.1. The van der Waals surface area contributed by atoms with Gasteiger partial charge in [0.15, 0.2) is 19.5 Å². The van der Waals surface area contributed by atoms with Gasteiger partial charge in [-0.15, -0.1) is 0 Å². The molecule has 0 amide bonds. The van der Waals surface area contributed by atoms with E-state index in [4.69, 9.17) is 8.85 Å². The van der Waals surface area contributed by atoms with Crippen molar-refractivity contribution >= 4 is 25.5 Å². The average Bonchev–Trinajstić information content (AvgIpc) is 2.48. The van der Waals surface area contributed by atoms with Gasteiger partial charge in [-0.25, -0.2) is 4.79 Å². The van der Waals surface area contributed by atoms with Crippen LogP contribution < -0.4 is 0 Å². The minimum Gasteiger partial charge on any atom is -0.478 e. The molecule has 0 bridgehead atoms. The summed E-state index contributed by atoms with van der Waals surface area (Å²) in [7, 11) is -1.51. The first-order valence-corrected chi connectivity index (χ1v) is 11.0. The van der Waals surface area contributed by atoms with Gasteiger partial charge in [0, 0.05) is 24.3 Å². The number of carboxylic acid groups (broad SMARTS) is 1. The SMILES string of the molecule is CCCO[SiH2]C(C=C(C(=O)O)C(CC)[SiH2]OCCC)CC. The van der Waals surface area contributed by atoms with Crippen molar-refractivity contribution in [3.05, 3.63) is 11.6 Å². The van der Waals surface area contributed by atoms with Gasteiger partial charge in [0.2, 0.25) is 0 Å². The van der Waals surface area contributed by atoms with E-state index in [0.717, 1.165) is 38.9 Å². The van der Waals surface area contributed by atoms with E-state index in [0.29, 0.717) is 11.1 Å². The van der Waals surface area contributed by atoms with Gasteiger partial charge < -0.3 is 14.0 Å². The van der Waals surface area contributed by atoms with E-state index >= 15 is 0 Å². The van der Waals surface area contributed by atoms with Crippen LogP contribution in [0.3, 0.4) is 0 Å². The third-order valence-electron chi connectivity index (χ3n) is 3.47. The minimum absolute atomic E-state index is 0.114. The maximum atomic E-state index is 11.6. The van der Waals surface area contributed by atoms with Gasteiger partial charge in [-0.2, -0.15) is 0 Å². The molecule has 0 saturated heterocycles. The molecular formula is C15H32O4Si2. The summed E-state index contributed by atoms with van der Waals surface area (Å²) in [5.41, 5.74) is 1.000. The van der Waals surface area contributed by atoms with Crippen LogP contribution in [-0.4, -0.2) is 43.8 Å². The van der Waals surface area contributed by atoms with Gasteiger partial charge in [-0.05, 0) is 24.8 Å². The Morgan fingerprint density at radius 3 is 2.05 bits per heavy atom. The Hall–Kier alpha value is -0.436. The van der Waals surface area contributed by atoms with Crippen LogP contribution in [0.2, 0.25) is 11.1 Å². The zero-order chi connectivity index (χ0) is 16.1. The number of allylic oxidation sites excluding steroid dienone is 1. The van der Waals surface area contributed by atoms with Crippen molar-refractivity contribution in [2.45, 2.75) is 64.5 Å². The topological polar surface area (TPSA) is 55.8 Å². The molecule has 6 heteroatoms. The number of rotatable bonds is 13. The lowest BCUT2D eigenvalue weighted by molar-refractivity contribution is -0.132. The van der Waals surface area contributed by atoms with Gasteiger partial charge >= 0.3 is 5.97 Å². The van der Waals surface area contributed by atoms with E-state index in [1.807, 2.05) is 6.08 Å². The van der Waals surface area contributed by atoms with Crippen molar-refractivity contribution in [1.82, 2.24) is 0 Å². The average molecular weight is 333 g/mol. The quantitative estimate of drug-likeness (QED) is 0.320. The maximum Gasteiger partial charge on any atom is 0.331 e. The van der Waals surface area contributed by atoms with Crippen molar-refractivity contribution in [3.8, 4) is 0 Å². The second kappa shape index (κ2) is 13.2. The first-order chi connectivity index (χ1) is 10.1. The van der Waals surface area contributed by atoms with Crippen LogP contribution in [0.4, 0.5) is 0 Å². The number of carboxylic acids is 1. The summed E-state index contributed by atoms with van der Waals surface area (Å²) in [4.78, 5) is 11.6. The Balaban J connectivity index is 4.78. The molecule has 124 valence electrons. The molecule has 0 aliphatic rings. The lowest BCUT2D eigenvalue weighted by Crippen LogP contribution is -2.18. The molecule has 4 nitrogen and oxygen atoms in total. The molecule has 0 spiro atoms. The van der Waals surface area contributed by atoms with E-state index in [-0.39, 0.29) is 5.54 Å². The van der Waals surface area contributed by atoms with Crippen molar-refractivity contribution in [3.63, 3.8) is 0 Å². The van der Waals surface area contributed by atoms with E-state index in [1.54, 1.807) is 0 Å². The number of aliphatic carboxylic acids is 1. The fourth-order valence-corrected chi connectivity index (χ4v) is 4.91. The predicted octanol–water partition coefficient (Wildman–Crippen LogP) is 2.42. The molecule has 2 unspecified atom stereocenters. The second-order valence-corrected chi connectivity index (χ2v) is 8.87. The van der Waals surface area contributed by atoms with E-state index in [1.165, 1.54) is 0 Å². The maximum absolute atomic E-state index is 11.6. The van der Waals surface area contributed by atoms with Crippen LogP contribution in [0.15, 0.2) is 11.6 Å². The summed E-state index contributed by atoms with van der Waals surface area (Å²) in [6, 6.07) is 0. The normalized spacial score (nSPS) is 16.1. The molecular weight excluding hydrogens is 300 g/mol. The van der Waals surface area contributed by atoms with E-state index < -0.39 is 25.5 Å². The minimum atomic E-state index is -0.825. The largest absolute Gasteiger partial charge is 0.478 e. The Morgan fingerprint density at radius 1 is 1.05 bits per heavy atom. The fourth-order valence-electron chi connectivity index (χ4n) is 2.10. The lowest BCUT2D eigenvalue weighted by atomic mass is 10.1. The summed E-state index contributed by atoms with van der Waals surface area (Å²) in [5.74, 6) is -0.780. The smallest absolute Gasteiger partial charge is 0.331 e. The Bertz CT molecular complexity index is 308. The lowest BCUT2D eigenvalue weighted by Gasteiger charge is -2.18. The molecule has 0 radical (unpaired) electrons. The molecule has 0 fully saturated rings. The number of hydrogen-bond donors (Lipinski definition) is 1. The van der Waals surface area contributed by atoms with E-state index in [9.17, 15) is 9.90 Å². The van der Waals surface area contributed by atoms with Gasteiger partial charge in [0.05, 0.1) is 0 Å². The fraction of sp³-hybridized carbons (Fsp3) is 0.800. The summed E-state index contributed by atoms with van der Waals surface area (Å²) >= 11 is 0. The molecule has 2 atom stereocenters. The highest BCUT2D eigenvalue weighted by atomic mass is 28.2. The first kappa shape index (κ1) is 20.6. The third kappa shape index (κ3) is 9.24. The van der Waals surface area contributed by atoms with Crippen LogP contribution in [0.5, 0.6) is 0 Å². The van der Waals surface area contributed by atoms with Crippen molar-refractivity contribution in [2.24, 2.45) is 0 Å². The molecule has 21 heavy (non-hydrogen) atoms. The summed E-state index contributed by atoms with van der Waals surface area (Å²) in [6.45, 7) is 9.88. The molecule has 0 rings (SSSR count). The Labute approximate surface area is 134 Å². The number of hydrogen-bond acceptors (Lipinski definition) is 3. The third-order valence-corrected chi connectivity index (χ3v) is 7.18. The zero-order valence-corrected chi connectivity index (χ0v) is 16.9. The highest BCUT2D eigenvalue weighted by Gasteiger charge is 2.21. The van der Waals surface area contributed by atoms with Crippen molar-refractivity contribution < 1.29 is 18.8 Å². The van der Waals surface area contributed by atoms with Gasteiger partial charge in [0.25, 0.3) is 0 Å². The Kier molecular flexibility index (Phi) is 13.0. The molecule has 0 aliphatic carbocycles. The Morgan fingerprint density at radius 2 is 1.62 bits per heavy atom. The standard InChI is InChI=1S/C15H32O4Si2/c1-5-9-18-20-12(7-3)11-13(15(16)17)14(8-4)21-19-10-6-2/h11-12,14H,5-10,20-21H2,1-4H3,(H,16,17). The molecule has 0 saturated carbocycles. The molecule has 1 N–H and O–H groups in total. The van der Waals surface area contributed by atoms with Crippen LogP contribution in [0.1, 0.15) is 53.4 Å². The van der Waals surface area contributed by atoms with Crippen molar-refractivity contribution in [2.75, 3.05) is 13.2 Å². The molecule has 0 aliphatic heterocycles. The van der Waals surface area contributed by atoms with Gasteiger partial charge in [0.1, 0.15) is 0 Å². The highest BCUT2D eigenvalue weighted by Crippen LogP contribution is 2.25. The summed E-state index contributed by atoms with van der Waals surface area (Å²) < 4.78 is 11.4. The molecule has 0 aromatic rings. The molecule has 0 heterocycles. The van der Waals surface area contributed by atoms with E-state index in [2.05, 4.69) is 27.7 Å². The van der Waals surface area contributed by atoms with Gasteiger partial charge in [-0.3, -0.25) is 0 Å².